The molecule has 166 valence electrons. The van der Waals surface area contributed by atoms with E-state index in [-0.39, 0.29) is 24.4 Å². The summed E-state index contributed by atoms with van der Waals surface area (Å²) in [6.07, 6.45) is -0.260. The molecule has 0 bridgehead atoms. The van der Waals surface area contributed by atoms with Crippen molar-refractivity contribution in [2.45, 2.75) is 46.1 Å². The standard InChI is InChI=1S/C21H28N6O4/c1-12(2)16-10-18(28)25-21(23-16)27-17(9-13(3)26-27)24-20(30)19(29)22-11-14-5-7-15(31-4)8-6-14/h5-9,12,16,21,23H,10-11H2,1-4H3,(H,22,29)(H,24,30)(H,25,28). The first-order valence-electron chi connectivity index (χ1n) is 10.1. The Morgan fingerprint density at radius 3 is 2.61 bits per heavy atom. The minimum absolute atomic E-state index is 0.0281. The molecule has 3 rings (SSSR count). The van der Waals surface area contributed by atoms with Crippen molar-refractivity contribution in [2.24, 2.45) is 5.92 Å². The van der Waals surface area contributed by atoms with Crippen LogP contribution in [0.4, 0.5) is 5.82 Å². The molecule has 2 atom stereocenters. The first-order chi connectivity index (χ1) is 14.8. The first-order valence-corrected chi connectivity index (χ1v) is 10.1. The van der Waals surface area contributed by atoms with Gasteiger partial charge in [-0.05, 0) is 30.5 Å². The summed E-state index contributed by atoms with van der Waals surface area (Å²) < 4.78 is 6.57. The summed E-state index contributed by atoms with van der Waals surface area (Å²) in [5.41, 5.74) is 1.47. The quantitative estimate of drug-likeness (QED) is 0.510. The number of nitrogens with one attached hydrogen (secondary N) is 4. The zero-order chi connectivity index (χ0) is 22.5. The van der Waals surface area contributed by atoms with Crippen LogP contribution in [-0.4, -0.2) is 40.7 Å². The van der Waals surface area contributed by atoms with Gasteiger partial charge in [-0.3, -0.25) is 19.7 Å². The summed E-state index contributed by atoms with van der Waals surface area (Å²) in [6.45, 7) is 6.01. The number of hydrogen-bond donors (Lipinski definition) is 4. The number of ether oxygens (including phenoxy) is 1. The van der Waals surface area contributed by atoms with Crippen LogP contribution in [0.25, 0.3) is 0 Å². The second-order valence-electron chi connectivity index (χ2n) is 7.79. The van der Waals surface area contributed by atoms with Crippen molar-refractivity contribution in [3.05, 3.63) is 41.6 Å². The molecule has 1 aromatic carbocycles. The van der Waals surface area contributed by atoms with Gasteiger partial charge in [0, 0.05) is 25.1 Å². The van der Waals surface area contributed by atoms with Gasteiger partial charge in [0.2, 0.25) is 5.91 Å². The molecule has 1 aromatic heterocycles. The van der Waals surface area contributed by atoms with E-state index in [2.05, 4.69) is 26.4 Å². The molecule has 10 heteroatoms. The van der Waals surface area contributed by atoms with Gasteiger partial charge in [-0.2, -0.15) is 5.10 Å². The van der Waals surface area contributed by atoms with Crippen molar-refractivity contribution < 1.29 is 19.1 Å². The highest BCUT2D eigenvalue weighted by atomic mass is 16.5. The van der Waals surface area contributed by atoms with Crippen LogP contribution in [0.3, 0.4) is 0 Å². The van der Waals surface area contributed by atoms with Crippen molar-refractivity contribution in [1.82, 2.24) is 25.7 Å². The van der Waals surface area contributed by atoms with Crippen LogP contribution in [0, 0.1) is 12.8 Å². The molecule has 4 N–H and O–H groups in total. The number of methoxy groups -OCH3 is 1. The van der Waals surface area contributed by atoms with E-state index in [1.807, 2.05) is 13.8 Å². The molecule has 0 radical (unpaired) electrons. The Bertz CT molecular complexity index is 953. The number of carbonyl (C=O) groups excluding carboxylic acids is 3. The molecule has 10 nitrogen and oxygen atoms in total. The van der Waals surface area contributed by atoms with Crippen LogP contribution in [0.2, 0.25) is 0 Å². The number of anilines is 1. The normalized spacial score (nSPS) is 18.4. The zero-order valence-electron chi connectivity index (χ0n) is 18.1. The summed E-state index contributed by atoms with van der Waals surface area (Å²) in [4.78, 5) is 36.8. The fourth-order valence-electron chi connectivity index (χ4n) is 3.26. The molecule has 2 aromatic rings. The average Bonchev–Trinajstić information content (AvgIpc) is 3.11. The van der Waals surface area contributed by atoms with E-state index in [4.69, 9.17) is 4.74 Å². The molecule has 1 aliphatic rings. The number of carbonyl (C=O) groups is 3. The number of aryl methyl sites for hydroxylation is 1. The topological polar surface area (TPSA) is 126 Å². The van der Waals surface area contributed by atoms with Crippen LogP contribution in [-0.2, 0) is 20.9 Å². The summed E-state index contributed by atoms with van der Waals surface area (Å²) in [7, 11) is 1.57. The lowest BCUT2D eigenvalue weighted by Crippen LogP contribution is -2.55. The van der Waals surface area contributed by atoms with Crippen LogP contribution >= 0.6 is 0 Å². The first kappa shape index (κ1) is 22.3. The second kappa shape index (κ2) is 9.61. The van der Waals surface area contributed by atoms with Crippen LogP contribution in [0.5, 0.6) is 5.75 Å². The van der Waals surface area contributed by atoms with Crippen molar-refractivity contribution in [1.29, 1.82) is 0 Å². The molecular formula is C21H28N6O4. The van der Waals surface area contributed by atoms with Crippen LogP contribution in [0.15, 0.2) is 30.3 Å². The molecule has 3 amide bonds. The molecule has 1 saturated heterocycles. The van der Waals surface area contributed by atoms with Gasteiger partial charge in [0.15, 0.2) is 6.29 Å². The SMILES string of the molecule is COc1ccc(CNC(=O)C(=O)Nc2cc(C)nn2C2NC(=O)CC(C(C)C)N2)cc1. The molecule has 2 heterocycles. The van der Waals surface area contributed by atoms with Gasteiger partial charge >= 0.3 is 11.8 Å². The van der Waals surface area contributed by atoms with Gasteiger partial charge in [0.1, 0.15) is 11.6 Å². The third-order valence-corrected chi connectivity index (χ3v) is 5.04. The minimum Gasteiger partial charge on any atom is -0.497 e. The number of aromatic nitrogens is 2. The fourth-order valence-corrected chi connectivity index (χ4v) is 3.26. The van der Waals surface area contributed by atoms with Crippen molar-refractivity contribution in [2.75, 3.05) is 12.4 Å². The molecule has 0 spiro atoms. The van der Waals surface area contributed by atoms with Gasteiger partial charge in [0.05, 0.1) is 12.8 Å². The highest BCUT2D eigenvalue weighted by molar-refractivity contribution is 6.39. The third kappa shape index (κ3) is 5.60. The van der Waals surface area contributed by atoms with Gasteiger partial charge in [-0.15, -0.1) is 0 Å². The Morgan fingerprint density at radius 2 is 1.97 bits per heavy atom. The number of benzene rings is 1. The summed E-state index contributed by atoms with van der Waals surface area (Å²) >= 11 is 0. The summed E-state index contributed by atoms with van der Waals surface area (Å²) in [5.74, 6) is -0.444. The Kier molecular flexibility index (Phi) is 6.91. The van der Waals surface area contributed by atoms with E-state index in [9.17, 15) is 14.4 Å². The Balaban J connectivity index is 1.64. The Hall–Kier alpha value is -3.40. The predicted molar refractivity (Wildman–Crippen MR) is 114 cm³/mol. The van der Waals surface area contributed by atoms with E-state index in [0.29, 0.717) is 23.7 Å². The molecule has 2 unspecified atom stereocenters. The summed E-state index contributed by atoms with van der Waals surface area (Å²) in [5, 5.41) is 15.7. The van der Waals surface area contributed by atoms with Gasteiger partial charge in [0.25, 0.3) is 0 Å². The lowest BCUT2D eigenvalue weighted by atomic mass is 9.99. The molecule has 1 aliphatic heterocycles. The zero-order valence-corrected chi connectivity index (χ0v) is 18.1. The number of amides is 3. The molecule has 0 saturated carbocycles. The fraction of sp³-hybridized carbons (Fsp3) is 0.429. The van der Waals surface area contributed by atoms with E-state index in [0.717, 1.165) is 5.56 Å². The number of nitrogens with zero attached hydrogens (tertiary/aromatic N) is 2. The highest BCUT2D eigenvalue weighted by Gasteiger charge is 2.30. The Labute approximate surface area is 180 Å². The van der Waals surface area contributed by atoms with Crippen molar-refractivity contribution >= 4 is 23.5 Å². The van der Waals surface area contributed by atoms with E-state index in [1.165, 1.54) is 4.68 Å². The lowest BCUT2D eigenvalue weighted by molar-refractivity contribution is -0.136. The van der Waals surface area contributed by atoms with Gasteiger partial charge in [-0.1, -0.05) is 26.0 Å². The third-order valence-electron chi connectivity index (χ3n) is 5.04. The second-order valence-corrected chi connectivity index (χ2v) is 7.79. The van der Waals surface area contributed by atoms with E-state index < -0.39 is 18.1 Å². The average molecular weight is 428 g/mol. The lowest BCUT2D eigenvalue weighted by Gasteiger charge is -2.34. The van der Waals surface area contributed by atoms with Crippen LogP contribution in [0.1, 0.15) is 37.8 Å². The van der Waals surface area contributed by atoms with Gasteiger partial charge in [-0.25, -0.2) is 4.68 Å². The largest absolute Gasteiger partial charge is 0.497 e. The number of hydrogen-bond acceptors (Lipinski definition) is 6. The minimum atomic E-state index is -0.822. The van der Waals surface area contributed by atoms with Crippen molar-refractivity contribution in [3.8, 4) is 5.75 Å². The highest BCUT2D eigenvalue weighted by Crippen LogP contribution is 2.20. The molecule has 1 fully saturated rings. The van der Waals surface area contributed by atoms with E-state index >= 15 is 0 Å². The smallest absolute Gasteiger partial charge is 0.314 e. The monoisotopic (exact) mass is 428 g/mol. The van der Waals surface area contributed by atoms with Gasteiger partial charge < -0.3 is 20.7 Å². The van der Waals surface area contributed by atoms with Crippen LogP contribution < -0.4 is 26.0 Å². The maximum Gasteiger partial charge on any atom is 0.314 e. The van der Waals surface area contributed by atoms with E-state index in [1.54, 1.807) is 44.4 Å². The maximum absolute atomic E-state index is 12.4. The summed E-state index contributed by atoms with van der Waals surface area (Å²) in [6, 6.07) is 8.77. The maximum atomic E-state index is 12.4. The molecular weight excluding hydrogens is 400 g/mol. The van der Waals surface area contributed by atoms with Crippen molar-refractivity contribution in [3.63, 3.8) is 0 Å². The number of rotatable bonds is 6. The Morgan fingerprint density at radius 1 is 1.26 bits per heavy atom. The molecule has 0 aliphatic carbocycles. The predicted octanol–water partition coefficient (Wildman–Crippen LogP) is 1.05. The molecule has 31 heavy (non-hydrogen) atoms.